The van der Waals surface area contributed by atoms with Crippen LogP contribution in [-0.4, -0.2) is 96.7 Å². The molecule has 0 aromatic heterocycles. The molecule has 0 aromatic carbocycles. The molecule has 2 unspecified atom stereocenters. The average Bonchev–Trinajstić information content (AvgIpc) is 0.907. The van der Waals surface area contributed by atoms with Crippen molar-refractivity contribution in [3.8, 4) is 0 Å². The van der Waals surface area contributed by atoms with Crippen LogP contribution in [0.1, 0.15) is 471 Å². The normalized spacial score (nSPS) is 13.7. The Hall–Kier alpha value is -1.94. The van der Waals surface area contributed by atoms with E-state index in [0.29, 0.717) is 25.7 Å². The lowest BCUT2D eigenvalue weighted by molar-refractivity contribution is -0.161. The zero-order valence-corrected chi connectivity index (χ0v) is 71.4. The molecule has 0 saturated heterocycles. The molecule has 0 spiro atoms. The zero-order valence-electron chi connectivity index (χ0n) is 69.6. The first-order valence-electron chi connectivity index (χ1n) is 45.1. The number of ether oxygens (including phenoxy) is 4. The van der Waals surface area contributed by atoms with E-state index < -0.39 is 97.5 Å². The molecule has 0 aliphatic rings. The van der Waals surface area contributed by atoms with E-state index in [0.717, 1.165) is 95.8 Å². The minimum Gasteiger partial charge on any atom is -0.462 e. The summed E-state index contributed by atoms with van der Waals surface area (Å²) in [6.45, 7) is 7.40. The number of aliphatic hydroxyl groups is 1. The van der Waals surface area contributed by atoms with E-state index in [1.54, 1.807) is 0 Å². The summed E-state index contributed by atoms with van der Waals surface area (Å²) >= 11 is 0. The molecule has 0 aliphatic heterocycles. The smallest absolute Gasteiger partial charge is 0.462 e. The molecule has 0 rings (SSSR count). The summed E-state index contributed by atoms with van der Waals surface area (Å²) < 4.78 is 68.9. The number of rotatable bonds is 87. The largest absolute Gasteiger partial charge is 0.472 e. The van der Waals surface area contributed by atoms with Crippen LogP contribution in [0.5, 0.6) is 0 Å². The minimum absolute atomic E-state index is 0.109. The molecule has 0 heterocycles. The fourth-order valence-electron chi connectivity index (χ4n) is 13.6. The molecule has 0 aliphatic carbocycles. The number of phosphoric ester groups is 2. The first-order valence-corrected chi connectivity index (χ1v) is 48.1. The van der Waals surface area contributed by atoms with Crippen molar-refractivity contribution in [2.24, 2.45) is 5.92 Å². The quantitative estimate of drug-likeness (QED) is 0.0222. The number of phosphoric acid groups is 2. The van der Waals surface area contributed by atoms with E-state index in [9.17, 15) is 43.2 Å². The predicted octanol–water partition coefficient (Wildman–Crippen LogP) is 26.8. The van der Waals surface area contributed by atoms with Crippen LogP contribution in [0, 0.1) is 5.92 Å². The molecule has 106 heavy (non-hydrogen) atoms. The van der Waals surface area contributed by atoms with Crippen LogP contribution in [0.25, 0.3) is 0 Å². The Morgan fingerprint density at radius 1 is 0.255 bits per heavy atom. The van der Waals surface area contributed by atoms with Crippen molar-refractivity contribution in [2.45, 2.75) is 490 Å². The van der Waals surface area contributed by atoms with Gasteiger partial charge in [-0.1, -0.05) is 420 Å². The van der Waals surface area contributed by atoms with E-state index in [4.69, 9.17) is 37.0 Å². The van der Waals surface area contributed by atoms with Gasteiger partial charge >= 0.3 is 39.5 Å². The van der Waals surface area contributed by atoms with Gasteiger partial charge in [0.1, 0.15) is 19.3 Å². The Kier molecular flexibility index (Phi) is 78.2. The van der Waals surface area contributed by atoms with E-state index in [-0.39, 0.29) is 25.7 Å². The Balaban J connectivity index is 5.22. The van der Waals surface area contributed by atoms with Crippen LogP contribution >= 0.6 is 15.6 Å². The van der Waals surface area contributed by atoms with Gasteiger partial charge in [-0.3, -0.25) is 37.3 Å². The summed E-state index contributed by atoms with van der Waals surface area (Å²) in [5.41, 5.74) is 0. The van der Waals surface area contributed by atoms with Crippen LogP contribution < -0.4 is 0 Å². The Morgan fingerprint density at radius 3 is 0.642 bits per heavy atom. The second kappa shape index (κ2) is 79.7. The molecule has 0 amide bonds. The summed E-state index contributed by atoms with van der Waals surface area (Å²) in [6.07, 6.45) is 73.6. The van der Waals surface area contributed by atoms with Gasteiger partial charge in [-0.2, -0.15) is 0 Å². The van der Waals surface area contributed by atoms with Gasteiger partial charge in [0.05, 0.1) is 26.4 Å². The Labute approximate surface area is 651 Å². The van der Waals surface area contributed by atoms with E-state index in [1.165, 1.54) is 295 Å². The van der Waals surface area contributed by atoms with Crippen molar-refractivity contribution in [3.05, 3.63) is 0 Å². The van der Waals surface area contributed by atoms with Crippen molar-refractivity contribution in [3.63, 3.8) is 0 Å². The van der Waals surface area contributed by atoms with Crippen molar-refractivity contribution >= 4 is 39.5 Å². The van der Waals surface area contributed by atoms with Gasteiger partial charge in [0.2, 0.25) is 0 Å². The number of hydrogen-bond donors (Lipinski definition) is 3. The van der Waals surface area contributed by atoms with Crippen LogP contribution in [-0.2, 0) is 65.4 Å². The third-order valence-corrected chi connectivity index (χ3v) is 22.4. The zero-order chi connectivity index (χ0) is 77.6. The van der Waals surface area contributed by atoms with Crippen molar-refractivity contribution in [2.75, 3.05) is 39.6 Å². The lowest BCUT2D eigenvalue weighted by atomic mass is 10.0. The molecular formula is C87H170O17P2. The molecule has 0 aromatic rings. The molecule has 5 atom stereocenters. The highest BCUT2D eigenvalue weighted by Crippen LogP contribution is 2.45. The molecule has 630 valence electrons. The number of hydrogen-bond acceptors (Lipinski definition) is 15. The molecular weight excluding hydrogens is 1380 g/mol. The van der Waals surface area contributed by atoms with Gasteiger partial charge in [-0.05, 0) is 31.6 Å². The van der Waals surface area contributed by atoms with Crippen LogP contribution in [0.3, 0.4) is 0 Å². The third kappa shape index (κ3) is 80.1. The van der Waals surface area contributed by atoms with Gasteiger partial charge in [-0.15, -0.1) is 0 Å². The number of aliphatic hydroxyl groups excluding tert-OH is 1. The second-order valence-electron chi connectivity index (χ2n) is 31.8. The van der Waals surface area contributed by atoms with E-state index in [2.05, 4.69) is 34.6 Å². The topological polar surface area (TPSA) is 237 Å². The molecule has 3 N–H and O–H groups in total. The fraction of sp³-hybridized carbons (Fsp3) is 0.954. The number of unbranched alkanes of at least 4 members (excludes halogenated alkanes) is 59. The molecule has 17 nitrogen and oxygen atoms in total. The van der Waals surface area contributed by atoms with E-state index >= 15 is 0 Å². The number of carbonyl (C=O) groups excluding carboxylic acids is 4. The van der Waals surface area contributed by atoms with Gasteiger partial charge in [0.25, 0.3) is 0 Å². The maximum atomic E-state index is 13.2. The molecule has 19 heteroatoms. The summed E-state index contributed by atoms with van der Waals surface area (Å²) in [7, 11) is -9.93. The fourth-order valence-corrected chi connectivity index (χ4v) is 15.2. The average molecular weight is 1550 g/mol. The Morgan fingerprint density at radius 2 is 0.434 bits per heavy atom. The standard InChI is InChI=1S/C87H170O17P2/c1-6-9-12-15-18-21-24-26-28-30-31-35-39-42-46-51-56-61-66-71-85(90)98-77-83(104-87(92)73-68-63-58-53-48-44-40-36-33-32-34-37-41-45-49-54-59-64-69-80(4)5)79-102-106(95,96)100-75-81(88)74-99-105(93,94)101-78-82(76-97-84(89)70-65-60-55-50-23-20-17-14-11-8-3)103-86(91)72-67-62-57-52-47-43-38-29-27-25-22-19-16-13-10-7-2/h80-83,88H,6-79H2,1-5H3,(H,93,94)(H,95,96)/t81-,82+,83+/m0/s1. The summed E-state index contributed by atoms with van der Waals surface area (Å²) in [5.74, 6) is -1.28. The van der Waals surface area contributed by atoms with Crippen LogP contribution in [0.15, 0.2) is 0 Å². The second-order valence-corrected chi connectivity index (χ2v) is 34.7. The molecule has 0 bridgehead atoms. The summed E-state index contributed by atoms with van der Waals surface area (Å²) in [5, 5.41) is 10.7. The highest BCUT2D eigenvalue weighted by molar-refractivity contribution is 7.47. The summed E-state index contributed by atoms with van der Waals surface area (Å²) in [4.78, 5) is 73.2. The Bertz CT molecular complexity index is 2010. The van der Waals surface area contributed by atoms with Crippen molar-refractivity contribution < 1.29 is 80.2 Å². The molecule has 0 radical (unpaired) electrons. The van der Waals surface area contributed by atoms with Crippen molar-refractivity contribution in [1.82, 2.24) is 0 Å². The maximum absolute atomic E-state index is 13.2. The van der Waals surface area contributed by atoms with Crippen LogP contribution in [0.2, 0.25) is 0 Å². The molecule has 0 saturated carbocycles. The molecule has 0 fully saturated rings. The predicted molar refractivity (Wildman–Crippen MR) is 437 cm³/mol. The monoisotopic (exact) mass is 1550 g/mol. The van der Waals surface area contributed by atoms with Crippen molar-refractivity contribution in [1.29, 1.82) is 0 Å². The summed E-state index contributed by atoms with van der Waals surface area (Å²) in [6, 6.07) is 0. The highest BCUT2D eigenvalue weighted by Gasteiger charge is 2.30. The highest BCUT2D eigenvalue weighted by atomic mass is 31.2. The number of carbonyl (C=O) groups is 4. The van der Waals surface area contributed by atoms with E-state index in [1.807, 2.05) is 0 Å². The lowest BCUT2D eigenvalue weighted by Gasteiger charge is -2.21. The minimum atomic E-state index is -4.97. The van der Waals surface area contributed by atoms with Gasteiger partial charge < -0.3 is 33.8 Å². The maximum Gasteiger partial charge on any atom is 0.472 e. The van der Waals surface area contributed by atoms with Gasteiger partial charge in [0.15, 0.2) is 12.2 Å². The van der Waals surface area contributed by atoms with Crippen LogP contribution in [0.4, 0.5) is 0 Å². The third-order valence-electron chi connectivity index (χ3n) is 20.5. The number of esters is 4. The first kappa shape index (κ1) is 104. The SMILES string of the molecule is CCCCCCCCCCCCCCCCCCCCCC(=O)OC[C@H](COP(=O)(O)OC[C@@H](O)COP(=O)(O)OC[C@@H](COC(=O)CCCCCCCCCCCC)OC(=O)CCCCCCCCCCCCCCCCCC)OC(=O)CCCCCCCCCCCCCCCCCCCCC(C)C. The van der Waals surface area contributed by atoms with Gasteiger partial charge in [0, 0.05) is 25.7 Å². The first-order chi connectivity index (χ1) is 51.5. The van der Waals surface area contributed by atoms with Gasteiger partial charge in [-0.25, -0.2) is 9.13 Å². The lowest BCUT2D eigenvalue weighted by Crippen LogP contribution is -2.30.